The van der Waals surface area contributed by atoms with Gasteiger partial charge in [0, 0.05) is 38.3 Å². The summed E-state index contributed by atoms with van der Waals surface area (Å²) in [6, 6.07) is 3.95. The lowest BCUT2D eigenvalue weighted by Gasteiger charge is -2.21. The fourth-order valence-electron chi connectivity index (χ4n) is 3.85. The molecule has 3 atom stereocenters. The molecular formula is C16H23N3O. The van der Waals surface area contributed by atoms with Gasteiger partial charge in [0.05, 0.1) is 0 Å². The predicted octanol–water partition coefficient (Wildman–Crippen LogP) is 2.20. The van der Waals surface area contributed by atoms with Crippen LogP contribution in [0.4, 0.5) is 5.82 Å². The zero-order valence-electron chi connectivity index (χ0n) is 12.3. The van der Waals surface area contributed by atoms with E-state index in [0.29, 0.717) is 12.5 Å². The molecule has 1 N–H and O–H groups in total. The lowest BCUT2D eigenvalue weighted by Crippen LogP contribution is -2.33. The average molecular weight is 273 g/mol. The summed E-state index contributed by atoms with van der Waals surface area (Å²) in [5, 5.41) is 3.12. The molecule has 0 radical (unpaired) electrons. The Morgan fingerprint density at radius 3 is 2.90 bits per heavy atom. The summed E-state index contributed by atoms with van der Waals surface area (Å²) >= 11 is 0. The minimum Gasteiger partial charge on any atom is -0.362 e. The Morgan fingerprint density at radius 2 is 2.25 bits per heavy atom. The van der Waals surface area contributed by atoms with Crippen molar-refractivity contribution in [2.45, 2.75) is 32.2 Å². The highest BCUT2D eigenvalue weighted by Crippen LogP contribution is 2.48. The van der Waals surface area contributed by atoms with Crippen molar-refractivity contribution in [3.8, 4) is 0 Å². The second-order valence-electron chi connectivity index (χ2n) is 6.38. The van der Waals surface area contributed by atoms with Gasteiger partial charge in [0.1, 0.15) is 5.82 Å². The highest BCUT2D eigenvalue weighted by atomic mass is 16.1. The number of anilines is 1. The van der Waals surface area contributed by atoms with Crippen LogP contribution in [0.2, 0.25) is 0 Å². The van der Waals surface area contributed by atoms with E-state index in [9.17, 15) is 4.79 Å². The average Bonchev–Trinajstić information content (AvgIpc) is 3.07. The van der Waals surface area contributed by atoms with E-state index in [0.717, 1.165) is 23.7 Å². The van der Waals surface area contributed by atoms with Crippen LogP contribution in [0.3, 0.4) is 0 Å². The van der Waals surface area contributed by atoms with E-state index in [2.05, 4.69) is 10.3 Å². The molecule has 20 heavy (non-hydrogen) atoms. The molecule has 2 aliphatic carbocycles. The number of amides is 1. The smallest absolute Gasteiger partial charge is 0.223 e. The Labute approximate surface area is 120 Å². The summed E-state index contributed by atoms with van der Waals surface area (Å²) in [5.41, 5.74) is 1.08. The number of carbonyl (C=O) groups excluding carboxylic acids is 1. The Hall–Kier alpha value is -1.58. The molecule has 1 amide bonds. The van der Waals surface area contributed by atoms with Crippen molar-refractivity contribution >= 4 is 11.7 Å². The van der Waals surface area contributed by atoms with Crippen molar-refractivity contribution in [3.05, 3.63) is 23.9 Å². The Balaban J connectivity index is 1.61. The molecule has 0 aromatic carbocycles. The van der Waals surface area contributed by atoms with E-state index in [1.165, 1.54) is 19.3 Å². The number of nitrogens with zero attached hydrogens (tertiary/aromatic N) is 2. The molecular weight excluding hydrogens is 250 g/mol. The number of fused-ring (bicyclic) bond motifs is 2. The van der Waals surface area contributed by atoms with Crippen molar-refractivity contribution in [1.82, 2.24) is 10.3 Å². The number of rotatable bonds is 4. The normalized spacial score (nSPS) is 27.6. The molecule has 0 spiro atoms. The van der Waals surface area contributed by atoms with Crippen molar-refractivity contribution in [2.24, 2.45) is 17.8 Å². The first-order valence-corrected chi connectivity index (χ1v) is 7.54. The van der Waals surface area contributed by atoms with Gasteiger partial charge in [0.25, 0.3) is 0 Å². The number of hydrogen-bond donors (Lipinski definition) is 1. The van der Waals surface area contributed by atoms with Crippen LogP contribution < -0.4 is 10.2 Å². The van der Waals surface area contributed by atoms with Crippen LogP contribution in [0.25, 0.3) is 0 Å². The summed E-state index contributed by atoms with van der Waals surface area (Å²) in [4.78, 5) is 18.7. The zero-order valence-corrected chi connectivity index (χ0v) is 12.3. The zero-order chi connectivity index (χ0) is 14.1. The number of nitrogens with one attached hydrogen (secondary N) is 1. The molecule has 2 saturated carbocycles. The van der Waals surface area contributed by atoms with Gasteiger partial charge in [-0.25, -0.2) is 4.98 Å². The summed E-state index contributed by atoms with van der Waals surface area (Å²) in [6.07, 6.45) is 6.75. The molecule has 4 nitrogen and oxygen atoms in total. The van der Waals surface area contributed by atoms with Gasteiger partial charge in [0.15, 0.2) is 0 Å². The molecule has 1 aromatic heterocycles. The Bertz CT molecular complexity index is 500. The van der Waals surface area contributed by atoms with E-state index < -0.39 is 0 Å². The molecule has 108 valence electrons. The van der Waals surface area contributed by atoms with Crippen LogP contribution >= 0.6 is 0 Å². The molecule has 2 bridgehead atoms. The standard InChI is InChI=1S/C16H23N3O/c1-19(2)15-13(4-3-7-17-15)10-18-16(20)14-9-11-5-6-12(14)8-11/h3-4,7,11-12,14H,5-6,8-10H2,1-2H3,(H,18,20)/t11-,12-,14+/m0/s1. The van der Waals surface area contributed by atoms with Crippen LogP contribution in [0.15, 0.2) is 18.3 Å². The molecule has 0 saturated heterocycles. The molecule has 0 unspecified atom stereocenters. The first kappa shape index (κ1) is 13.4. The topological polar surface area (TPSA) is 45.2 Å². The fourth-order valence-corrected chi connectivity index (χ4v) is 3.85. The van der Waals surface area contributed by atoms with Crippen LogP contribution in [-0.4, -0.2) is 25.0 Å². The van der Waals surface area contributed by atoms with Crippen molar-refractivity contribution < 1.29 is 4.79 Å². The van der Waals surface area contributed by atoms with Crippen LogP contribution in [0.1, 0.15) is 31.2 Å². The summed E-state index contributed by atoms with van der Waals surface area (Å²) in [6.45, 7) is 0.577. The number of carbonyl (C=O) groups is 1. The number of aromatic nitrogens is 1. The number of pyridine rings is 1. The maximum atomic E-state index is 12.3. The first-order valence-electron chi connectivity index (χ1n) is 7.54. The Kier molecular flexibility index (Phi) is 3.64. The summed E-state index contributed by atoms with van der Waals surface area (Å²) in [5.74, 6) is 2.88. The van der Waals surface area contributed by atoms with Gasteiger partial charge in [-0.2, -0.15) is 0 Å². The maximum Gasteiger partial charge on any atom is 0.223 e. The van der Waals surface area contributed by atoms with Gasteiger partial charge in [-0.05, 0) is 37.2 Å². The molecule has 3 rings (SSSR count). The largest absolute Gasteiger partial charge is 0.362 e. The second-order valence-corrected chi connectivity index (χ2v) is 6.38. The van der Waals surface area contributed by atoms with E-state index in [1.54, 1.807) is 6.20 Å². The third-order valence-electron chi connectivity index (χ3n) is 4.82. The third kappa shape index (κ3) is 2.51. The van der Waals surface area contributed by atoms with Crippen LogP contribution in [0, 0.1) is 17.8 Å². The minimum atomic E-state index is 0.241. The predicted molar refractivity (Wildman–Crippen MR) is 79.3 cm³/mol. The molecule has 0 aliphatic heterocycles. The van der Waals surface area contributed by atoms with Gasteiger partial charge in [0.2, 0.25) is 5.91 Å². The number of hydrogen-bond acceptors (Lipinski definition) is 3. The Morgan fingerprint density at radius 1 is 1.40 bits per heavy atom. The summed E-state index contributed by atoms with van der Waals surface area (Å²) in [7, 11) is 3.95. The molecule has 1 heterocycles. The third-order valence-corrected chi connectivity index (χ3v) is 4.82. The monoisotopic (exact) mass is 273 g/mol. The highest BCUT2D eigenvalue weighted by Gasteiger charge is 2.42. The second kappa shape index (κ2) is 5.43. The van der Waals surface area contributed by atoms with Gasteiger partial charge in [-0.1, -0.05) is 12.5 Å². The summed E-state index contributed by atoms with van der Waals surface area (Å²) < 4.78 is 0. The van der Waals surface area contributed by atoms with Gasteiger partial charge < -0.3 is 10.2 Å². The lowest BCUT2D eigenvalue weighted by atomic mass is 9.88. The van der Waals surface area contributed by atoms with Gasteiger partial charge in [-0.3, -0.25) is 4.79 Å². The lowest BCUT2D eigenvalue weighted by molar-refractivity contribution is -0.126. The van der Waals surface area contributed by atoms with Crippen molar-refractivity contribution in [3.63, 3.8) is 0 Å². The minimum absolute atomic E-state index is 0.241. The highest BCUT2D eigenvalue weighted by molar-refractivity contribution is 5.79. The molecule has 2 aliphatic rings. The van der Waals surface area contributed by atoms with E-state index >= 15 is 0 Å². The van der Waals surface area contributed by atoms with Crippen molar-refractivity contribution in [1.29, 1.82) is 0 Å². The van der Waals surface area contributed by atoms with Crippen LogP contribution in [0.5, 0.6) is 0 Å². The van der Waals surface area contributed by atoms with Gasteiger partial charge in [-0.15, -0.1) is 0 Å². The molecule has 4 heteroatoms. The van der Waals surface area contributed by atoms with E-state index in [1.807, 2.05) is 31.1 Å². The molecule has 2 fully saturated rings. The fraction of sp³-hybridized carbons (Fsp3) is 0.625. The maximum absolute atomic E-state index is 12.3. The quantitative estimate of drug-likeness (QED) is 0.914. The van der Waals surface area contributed by atoms with Crippen LogP contribution in [-0.2, 0) is 11.3 Å². The van der Waals surface area contributed by atoms with E-state index in [4.69, 9.17) is 0 Å². The van der Waals surface area contributed by atoms with Gasteiger partial charge >= 0.3 is 0 Å². The van der Waals surface area contributed by atoms with E-state index in [-0.39, 0.29) is 11.8 Å². The first-order chi connectivity index (χ1) is 9.65. The van der Waals surface area contributed by atoms with Crippen molar-refractivity contribution in [2.75, 3.05) is 19.0 Å². The SMILES string of the molecule is CN(C)c1ncccc1CNC(=O)[C@@H]1C[C@H]2CC[C@H]1C2. The molecule has 1 aromatic rings.